The molecule has 0 spiro atoms. The first-order valence-electron chi connectivity index (χ1n) is 9.34. The van der Waals surface area contributed by atoms with E-state index in [-0.39, 0.29) is 11.7 Å². The third-order valence-corrected chi connectivity index (χ3v) is 4.91. The minimum absolute atomic E-state index is 0.00965. The standard InChI is InChI=1S/C22H23N3O3/c1-27-19-9-7-17(8-10-19)20-11-12-22(26)25(23-20)16-24-13-14-28-21(15-24)18-5-3-2-4-6-18/h2-12,21H,13-16H2,1H3/t21-/m0/s1. The summed E-state index contributed by atoms with van der Waals surface area (Å²) in [4.78, 5) is 14.6. The van der Waals surface area contributed by atoms with Crippen molar-refractivity contribution < 1.29 is 9.47 Å². The Labute approximate surface area is 163 Å². The summed E-state index contributed by atoms with van der Waals surface area (Å²) in [5.74, 6) is 0.789. The van der Waals surface area contributed by atoms with Gasteiger partial charge in [0.25, 0.3) is 5.56 Å². The van der Waals surface area contributed by atoms with Gasteiger partial charge in [0.15, 0.2) is 0 Å². The first-order valence-corrected chi connectivity index (χ1v) is 9.34. The van der Waals surface area contributed by atoms with E-state index in [1.54, 1.807) is 19.2 Å². The topological polar surface area (TPSA) is 56.6 Å². The second-order valence-corrected chi connectivity index (χ2v) is 6.77. The van der Waals surface area contributed by atoms with Crippen LogP contribution in [0.25, 0.3) is 11.3 Å². The van der Waals surface area contributed by atoms with Crippen LogP contribution in [-0.2, 0) is 11.4 Å². The van der Waals surface area contributed by atoms with E-state index in [9.17, 15) is 4.79 Å². The van der Waals surface area contributed by atoms with Crippen LogP contribution in [-0.4, -0.2) is 41.5 Å². The lowest BCUT2D eigenvalue weighted by atomic mass is 10.1. The largest absolute Gasteiger partial charge is 0.497 e. The summed E-state index contributed by atoms with van der Waals surface area (Å²) >= 11 is 0. The normalized spacial score (nSPS) is 17.4. The SMILES string of the molecule is COc1ccc(-c2ccc(=O)n(CN3CCO[C@H](c4ccccc4)C3)n2)cc1. The molecule has 4 rings (SSSR count). The summed E-state index contributed by atoms with van der Waals surface area (Å²) in [6.45, 7) is 2.57. The second-order valence-electron chi connectivity index (χ2n) is 6.77. The quantitative estimate of drug-likeness (QED) is 0.684. The van der Waals surface area contributed by atoms with Gasteiger partial charge in [-0.3, -0.25) is 9.69 Å². The molecule has 2 aromatic carbocycles. The van der Waals surface area contributed by atoms with Gasteiger partial charge in [-0.05, 0) is 35.9 Å². The van der Waals surface area contributed by atoms with Crippen LogP contribution in [0.1, 0.15) is 11.7 Å². The van der Waals surface area contributed by atoms with E-state index in [0.29, 0.717) is 13.3 Å². The van der Waals surface area contributed by atoms with E-state index in [1.807, 2.05) is 42.5 Å². The summed E-state index contributed by atoms with van der Waals surface area (Å²) in [6.07, 6.45) is 0.00965. The molecule has 6 heteroatoms. The zero-order chi connectivity index (χ0) is 19.3. The van der Waals surface area contributed by atoms with E-state index in [0.717, 1.165) is 35.7 Å². The highest BCUT2D eigenvalue weighted by atomic mass is 16.5. The Morgan fingerprint density at radius 2 is 1.86 bits per heavy atom. The number of methoxy groups -OCH3 is 1. The minimum Gasteiger partial charge on any atom is -0.497 e. The molecule has 6 nitrogen and oxygen atoms in total. The highest BCUT2D eigenvalue weighted by Gasteiger charge is 2.22. The summed E-state index contributed by atoms with van der Waals surface area (Å²) < 4.78 is 12.6. The maximum Gasteiger partial charge on any atom is 0.268 e. The van der Waals surface area contributed by atoms with Crippen molar-refractivity contribution in [3.8, 4) is 17.0 Å². The van der Waals surface area contributed by atoms with Gasteiger partial charge >= 0.3 is 0 Å². The number of morpholine rings is 1. The van der Waals surface area contributed by atoms with Crippen molar-refractivity contribution in [1.29, 1.82) is 0 Å². The third-order valence-electron chi connectivity index (χ3n) is 4.91. The number of benzene rings is 2. The summed E-state index contributed by atoms with van der Waals surface area (Å²) in [5.41, 5.74) is 2.74. The van der Waals surface area contributed by atoms with Gasteiger partial charge < -0.3 is 9.47 Å². The zero-order valence-corrected chi connectivity index (χ0v) is 15.8. The first kappa shape index (κ1) is 18.4. The smallest absolute Gasteiger partial charge is 0.268 e. The van der Waals surface area contributed by atoms with Crippen LogP contribution >= 0.6 is 0 Å². The minimum atomic E-state index is -0.111. The Kier molecular flexibility index (Phi) is 5.50. The van der Waals surface area contributed by atoms with Crippen molar-refractivity contribution in [2.45, 2.75) is 12.8 Å². The summed E-state index contributed by atoms with van der Waals surface area (Å²) in [5, 5.41) is 4.57. The fourth-order valence-electron chi connectivity index (χ4n) is 3.36. The molecule has 1 saturated heterocycles. The van der Waals surface area contributed by atoms with E-state index < -0.39 is 0 Å². The molecule has 1 aliphatic heterocycles. The van der Waals surface area contributed by atoms with Gasteiger partial charge in [0.05, 0.1) is 32.2 Å². The van der Waals surface area contributed by atoms with E-state index in [2.05, 4.69) is 22.1 Å². The van der Waals surface area contributed by atoms with Crippen LogP contribution in [0, 0.1) is 0 Å². The number of ether oxygens (including phenoxy) is 2. The molecule has 144 valence electrons. The fourth-order valence-corrected chi connectivity index (χ4v) is 3.36. The molecule has 1 fully saturated rings. The number of rotatable bonds is 5. The van der Waals surface area contributed by atoms with Crippen LogP contribution in [0.15, 0.2) is 71.5 Å². The summed E-state index contributed by atoms with van der Waals surface area (Å²) in [6, 6.07) is 21.2. The molecule has 1 atom stereocenters. The van der Waals surface area contributed by atoms with Crippen molar-refractivity contribution in [1.82, 2.24) is 14.7 Å². The predicted octanol–water partition coefficient (Wildman–Crippen LogP) is 2.95. The molecule has 0 amide bonds. The predicted molar refractivity (Wildman–Crippen MR) is 107 cm³/mol. The lowest BCUT2D eigenvalue weighted by Crippen LogP contribution is -2.42. The molecule has 2 heterocycles. The zero-order valence-electron chi connectivity index (χ0n) is 15.8. The Morgan fingerprint density at radius 3 is 2.61 bits per heavy atom. The molecule has 0 radical (unpaired) electrons. The highest BCUT2D eigenvalue weighted by molar-refractivity contribution is 5.59. The maximum absolute atomic E-state index is 12.4. The summed E-state index contributed by atoms with van der Waals surface area (Å²) in [7, 11) is 1.64. The average molecular weight is 377 g/mol. The van der Waals surface area contributed by atoms with Crippen LogP contribution in [0.4, 0.5) is 0 Å². The van der Waals surface area contributed by atoms with Crippen molar-refractivity contribution in [2.75, 3.05) is 26.8 Å². The molecule has 0 aliphatic carbocycles. The monoisotopic (exact) mass is 377 g/mol. The van der Waals surface area contributed by atoms with Crippen LogP contribution in [0.5, 0.6) is 5.75 Å². The highest BCUT2D eigenvalue weighted by Crippen LogP contribution is 2.22. The van der Waals surface area contributed by atoms with Crippen LogP contribution in [0.2, 0.25) is 0 Å². The van der Waals surface area contributed by atoms with Gasteiger partial charge in [0, 0.05) is 24.7 Å². The Hall–Kier alpha value is -2.96. The Morgan fingerprint density at radius 1 is 1.07 bits per heavy atom. The molecular weight excluding hydrogens is 354 g/mol. The molecule has 0 unspecified atom stereocenters. The lowest BCUT2D eigenvalue weighted by Gasteiger charge is -2.33. The molecule has 0 bridgehead atoms. The molecule has 0 saturated carbocycles. The molecule has 3 aromatic rings. The van der Waals surface area contributed by atoms with Crippen LogP contribution in [0.3, 0.4) is 0 Å². The Bertz CT molecular complexity index is 970. The lowest BCUT2D eigenvalue weighted by molar-refractivity contribution is -0.0421. The van der Waals surface area contributed by atoms with Gasteiger partial charge in [-0.25, -0.2) is 4.68 Å². The van der Waals surface area contributed by atoms with E-state index in [4.69, 9.17) is 9.47 Å². The maximum atomic E-state index is 12.4. The second kappa shape index (κ2) is 8.37. The molecule has 0 N–H and O–H groups in total. The van der Waals surface area contributed by atoms with Gasteiger partial charge in [0.1, 0.15) is 5.75 Å². The number of hydrogen-bond donors (Lipinski definition) is 0. The molecule has 28 heavy (non-hydrogen) atoms. The number of aromatic nitrogens is 2. The number of nitrogens with zero attached hydrogens (tertiary/aromatic N) is 3. The van der Waals surface area contributed by atoms with E-state index in [1.165, 1.54) is 4.68 Å². The fraction of sp³-hybridized carbons (Fsp3) is 0.273. The van der Waals surface area contributed by atoms with Crippen molar-refractivity contribution >= 4 is 0 Å². The van der Waals surface area contributed by atoms with Crippen molar-refractivity contribution in [2.24, 2.45) is 0 Å². The molecular formula is C22H23N3O3. The molecule has 1 aliphatic rings. The van der Waals surface area contributed by atoms with E-state index >= 15 is 0 Å². The van der Waals surface area contributed by atoms with Gasteiger partial charge in [-0.15, -0.1) is 0 Å². The van der Waals surface area contributed by atoms with Crippen molar-refractivity contribution in [3.63, 3.8) is 0 Å². The van der Waals surface area contributed by atoms with Gasteiger partial charge in [-0.1, -0.05) is 30.3 Å². The Balaban J connectivity index is 1.51. The van der Waals surface area contributed by atoms with Gasteiger partial charge in [-0.2, -0.15) is 5.10 Å². The van der Waals surface area contributed by atoms with Crippen LogP contribution < -0.4 is 10.3 Å². The first-order chi connectivity index (χ1) is 13.7. The third kappa shape index (κ3) is 4.13. The average Bonchev–Trinajstić information content (AvgIpc) is 2.76. The van der Waals surface area contributed by atoms with Gasteiger partial charge in [0.2, 0.25) is 0 Å². The number of hydrogen-bond acceptors (Lipinski definition) is 5. The molecule has 1 aromatic heterocycles. The van der Waals surface area contributed by atoms with Crippen molar-refractivity contribution in [3.05, 3.63) is 82.6 Å².